The first kappa shape index (κ1) is 14.8. The molecule has 0 saturated carbocycles. The zero-order valence-electron chi connectivity index (χ0n) is 11.4. The predicted octanol–water partition coefficient (Wildman–Crippen LogP) is 2.10. The maximum Gasteiger partial charge on any atom is 0.340 e. The molecule has 6 nitrogen and oxygen atoms in total. The number of aromatic nitrogens is 2. The number of carbonyl (C=O) groups is 1. The standard InChI is InChI=1S/C13H15ClN2O4/c1-18-11(19-2)7-16-6-8-4-9(14)5-10(12(8)15-16)13(17)20-3/h4-6,11H,7H2,1-3H3. The molecule has 2 aromatic rings. The minimum absolute atomic E-state index is 0.333. The Bertz CT molecular complexity index is 622. The maximum atomic E-state index is 11.7. The highest BCUT2D eigenvalue weighted by Gasteiger charge is 2.16. The fourth-order valence-electron chi connectivity index (χ4n) is 1.91. The number of fused-ring (bicyclic) bond motifs is 1. The van der Waals surface area contributed by atoms with Crippen molar-refractivity contribution in [2.24, 2.45) is 0 Å². The minimum atomic E-state index is -0.474. The molecule has 1 aromatic heterocycles. The van der Waals surface area contributed by atoms with Crippen LogP contribution in [0.5, 0.6) is 0 Å². The van der Waals surface area contributed by atoms with E-state index in [0.29, 0.717) is 22.6 Å². The Balaban J connectivity index is 2.44. The number of hydrogen-bond acceptors (Lipinski definition) is 5. The van der Waals surface area contributed by atoms with Gasteiger partial charge < -0.3 is 14.2 Å². The van der Waals surface area contributed by atoms with E-state index in [0.717, 1.165) is 5.39 Å². The van der Waals surface area contributed by atoms with Gasteiger partial charge in [0.15, 0.2) is 6.29 Å². The summed E-state index contributed by atoms with van der Waals surface area (Å²) >= 11 is 6.00. The molecule has 108 valence electrons. The van der Waals surface area contributed by atoms with Crippen LogP contribution < -0.4 is 0 Å². The van der Waals surface area contributed by atoms with Crippen molar-refractivity contribution in [1.82, 2.24) is 9.78 Å². The molecular formula is C13H15ClN2O4. The number of hydrogen-bond donors (Lipinski definition) is 0. The largest absolute Gasteiger partial charge is 0.465 e. The normalized spacial score (nSPS) is 11.2. The van der Waals surface area contributed by atoms with Crippen molar-refractivity contribution in [3.8, 4) is 0 Å². The zero-order valence-corrected chi connectivity index (χ0v) is 12.2. The number of carbonyl (C=O) groups excluding carboxylic acids is 1. The van der Waals surface area contributed by atoms with Gasteiger partial charge in [-0.25, -0.2) is 4.79 Å². The molecule has 0 aliphatic rings. The van der Waals surface area contributed by atoms with E-state index < -0.39 is 12.3 Å². The van der Waals surface area contributed by atoms with Crippen LogP contribution in [0.2, 0.25) is 5.02 Å². The van der Waals surface area contributed by atoms with Gasteiger partial charge in [-0.1, -0.05) is 11.6 Å². The summed E-state index contributed by atoms with van der Waals surface area (Å²) in [5.74, 6) is -0.474. The molecule has 0 radical (unpaired) electrons. The monoisotopic (exact) mass is 298 g/mol. The van der Waals surface area contributed by atoms with E-state index in [2.05, 4.69) is 5.10 Å². The van der Waals surface area contributed by atoms with E-state index in [-0.39, 0.29) is 0 Å². The molecule has 20 heavy (non-hydrogen) atoms. The highest BCUT2D eigenvalue weighted by molar-refractivity contribution is 6.32. The molecular weight excluding hydrogens is 284 g/mol. The van der Waals surface area contributed by atoms with Gasteiger partial charge in [0.05, 0.1) is 19.2 Å². The third-order valence-electron chi connectivity index (χ3n) is 2.89. The topological polar surface area (TPSA) is 62.6 Å². The number of nitrogens with zero attached hydrogens (tertiary/aromatic N) is 2. The van der Waals surface area contributed by atoms with E-state index in [4.69, 9.17) is 25.8 Å². The molecule has 7 heteroatoms. The summed E-state index contributed by atoms with van der Waals surface area (Å²) in [6, 6.07) is 3.28. The van der Waals surface area contributed by atoms with Crippen LogP contribution in [0.25, 0.3) is 10.9 Å². The number of benzene rings is 1. The summed E-state index contributed by atoms with van der Waals surface area (Å²) in [7, 11) is 4.42. The molecule has 0 atom stereocenters. The van der Waals surface area contributed by atoms with Crippen LogP contribution in [0.3, 0.4) is 0 Å². The summed E-state index contributed by atoms with van der Waals surface area (Å²) < 4.78 is 16.6. The molecule has 1 heterocycles. The molecule has 1 aromatic carbocycles. The molecule has 0 spiro atoms. The molecule has 0 amide bonds. The lowest BCUT2D eigenvalue weighted by atomic mass is 10.1. The van der Waals surface area contributed by atoms with Gasteiger partial charge in [0.25, 0.3) is 0 Å². The Morgan fingerprint density at radius 2 is 2.05 bits per heavy atom. The van der Waals surface area contributed by atoms with Crippen LogP contribution in [-0.4, -0.2) is 43.4 Å². The summed E-state index contributed by atoms with van der Waals surface area (Å²) in [4.78, 5) is 11.7. The first-order valence-electron chi connectivity index (χ1n) is 5.89. The lowest BCUT2D eigenvalue weighted by molar-refractivity contribution is -0.112. The summed E-state index contributed by atoms with van der Waals surface area (Å²) in [5, 5.41) is 5.56. The van der Waals surface area contributed by atoms with Crippen LogP contribution >= 0.6 is 11.6 Å². The van der Waals surface area contributed by atoms with E-state index >= 15 is 0 Å². The highest BCUT2D eigenvalue weighted by Crippen LogP contribution is 2.23. The van der Waals surface area contributed by atoms with Crippen molar-refractivity contribution in [3.05, 3.63) is 28.9 Å². The first-order valence-corrected chi connectivity index (χ1v) is 6.27. The average molecular weight is 299 g/mol. The van der Waals surface area contributed by atoms with E-state index in [1.54, 1.807) is 31.2 Å². The fraction of sp³-hybridized carbons (Fsp3) is 0.385. The van der Waals surface area contributed by atoms with Gasteiger partial charge in [0.2, 0.25) is 0 Å². The van der Waals surface area contributed by atoms with Crippen molar-refractivity contribution < 1.29 is 19.0 Å². The second-order valence-corrected chi connectivity index (χ2v) is 4.57. The molecule has 2 rings (SSSR count). The summed E-state index contributed by atoms with van der Waals surface area (Å²) in [5.41, 5.74) is 0.868. The van der Waals surface area contributed by atoms with Gasteiger partial charge in [-0.15, -0.1) is 0 Å². The molecule has 0 N–H and O–H groups in total. The molecule has 0 aliphatic carbocycles. The third-order valence-corrected chi connectivity index (χ3v) is 3.11. The van der Waals surface area contributed by atoms with Gasteiger partial charge >= 0.3 is 5.97 Å². The summed E-state index contributed by atoms with van der Waals surface area (Å²) in [6.07, 6.45) is 1.36. The SMILES string of the molecule is COC(=O)c1cc(Cl)cc2cn(CC(OC)OC)nc12. The number of rotatable bonds is 5. The smallest absolute Gasteiger partial charge is 0.340 e. The number of halogens is 1. The Kier molecular flexibility index (Phi) is 4.59. The van der Waals surface area contributed by atoms with Crippen LogP contribution in [0, 0.1) is 0 Å². The van der Waals surface area contributed by atoms with Gasteiger partial charge in [0.1, 0.15) is 5.52 Å². The lowest BCUT2D eigenvalue weighted by Crippen LogP contribution is -2.20. The van der Waals surface area contributed by atoms with Crippen molar-refractivity contribution in [3.63, 3.8) is 0 Å². The predicted molar refractivity (Wildman–Crippen MR) is 73.9 cm³/mol. The Labute approximate surface area is 121 Å². The first-order chi connectivity index (χ1) is 9.58. The quantitative estimate of drug-likeness (QED) is 0.625. The minimum Gasteiger partial charge on any atom is -0.465 e. The maximum absolute atomic E-state index is 11.7. The fourth-order valence-corrected chi connectivity index (χ4v) is 2.13. The van der Waals surface area contributed by atoms with Crippen molar-refractivity contribution in [2.75, 3.05) is 21.3 Å². The second-order valence-electron chi connectivity index (χ2n) is 4.13. The lowest BCUT2D eigenvalue weighted by Gasteiger charge is -2.12. The van der Waals surface area contributed by atoms with Crippen molar-refractivity contribution in [2.45, 2.75) is 12.8 Å². The Morgan fingerprint density at radius 1 is 1.35 bits per heavy atom. The highest BCUT2D eigenvalue weighted by atomic mass is 35.5. The van der Waals surface area contributed by atoms with Crippen molar-refractivity contribution in [1.29, 1.82) is 0 Å². The molecule has 0 saturated heterocycles. The molecule has 0 fully saturated rings. The average Bonchev–Trinajstić information content (AvgIpc) is 2.85. The number of ether oxygens (including phenoxy) is 3. The summed E-state index contributed by atoms with van der Waals surface area (Å²) in [6.45, 7) is 0.403. The molecule has 0 aliphatic heterocycles. The van der Waals surface area contributed by atoms with E-state index in [1.807, 2.05) is 0 Å². The van der Waals surface area contributed by atoms with E-state index in [1.165, 1.54) is 13.2 Å². The second kappa shape index (κ2) is 6.21. The van der Waals surface area contributed by atoms with Gasteiger partial charge in [-0.2, -0.15) is 5.10 Å². The van der Waals surface area contributed by atoms with Crippen LogP contribution in [-0.2, 0) is 20.8 Å². The Hall–Kier alpha value is -1.63. The molecule has 0 unspecified atom stereocenters. The molecule has 0 bridgehead atoms. The van der Waals surface area contributed by atoms with Crippen molar-refractivity contribution >= 4 is 28.5 Å². The van der Waals surface area contributed by atoms with Gasteiger partial charge in [0, 0.05) is 30.8 Å². The number of methoxy groups -OCH3 is 3. The van der Waals surface area contributed by atoms with Gasteiger partial charge in [-0.05, 0) is 12.1 Å². The third kappa shape index (κ3) is 2.92. The van der Waals surface area contributed by atoms with Crippen LogP contribution in [0.1, 0.15) is 10.4 Å². The van der Waals surface area contributed by atoms with Crippen LogP contribution in [0.4, 0.5) is 0 Å². The van der Waals surface area contributed by atoms with Gasteiger partial charge in [-0.3, -0.25) is 4.68 Å². The number of esters is 1. The van der Waals surface area contributed by atoms with Crippen LogP contribution in [0.15, 0.2) is 18.3 Å². The van der Waals surface area contributed by atoms with E-state index in [9.17, 15) is 4.79 Å². The zero-order chi connectivity index (χ0) is 14.7. The Morgan fingerprint density at radius 3 is 2.65 bits per heavy atom.